The van der Waals surface area contributed by atoms with E-state index < -0.39 is 0 Å². The first kappa shape index (κ1) is 54.1. The smallest absolute Gasteiger partial charge is 0.188 e. The van der Waals surface area contributed by atoms with Gasteiger partial charge < -0.3 is 14.2 Å². The lowest BCUT2D eigenvalue weighted by molar-refractivity contribution is 0.0977. The Morgan fingerprint density at radius 1 is 0.493 bits per heavy atom. The Kier molecular flexibility index (Phi) is 20.9. The fraction of sp³-hybridized carbons (Fsp3) is 0.466. The Morgan fingerprint density at radius 3 is 1.28 bits per heavy atom. The van der Waals surface area contributed by atoms with Crippen LogP contribution >= 0.6 is 11.3 Å². The van der Waals surface area contributed by atoms with Crippen molar-refractivity contribution in [2.24, 2.45) is 0 Å². The molecule has 0 bridgehead atoms. The van der Waals surface area contributed by atoms with E-state index in [1.807, 2.05) is 88.5 Å². The zero-order valence-corrected chi connectivity index (χ0v) is 42.4. The molecule has 0 N–H and O–H groups in total. The van der Waals surface area contributed by atoms with Crippen LogP contribution in [0.4, 0.5) is 0 Å². The van der Waals surface area contributed by atoms with Crippen LogP contribution in [-0.4, -0.2) is 65.6 Å². The third-order valence-electron chi connectivity index (χ3n) is 12.6. The topological polar surface area (TPSA) is 156 Å². The van der Waals surface area contributed by atoms with Crippen LogP contribution in [0.15, 0.2) is 84.5 Å². The van der Waals surface area contributed by atoms with Crippen LogP contribution in [0.25, 0.3) is 0 Å². The summed E-state index contributed by atoms with van der Waals surface area (Å²) >= 11 is 1.52. The highest BCUT2D eigenvalue weighted by Crippen LogP contribution is 2.28. The zero-order chi connectivity index (χ0) is 49.2. The summed E-state index contributed by atoms with van der Waals surface area (Å²) in [5.74, 6) is 2.23. The van der Waals surface area contributed by atoms with Gasteiger partial charge in [-0.05, 0) is 135 Å². The maximum absolute atomic E-state index is 12.5. The van der Waals surface area contributed by atoms with Gasteiger partial charge in [0.15, 0.2) is 17.3 Å². The molecular formula is C58H72N6O6S. The zero-order valence-electron chi connectivity index (χ0n) is 41.6. The highest BCUT2D eigenvalue weighted by atomic mass is 32.1. The van der Waals surface area contributed by atoms with Gasteiger partial charge in [0.05, 0.1) is 37.6 Å². The molecule has 0 unspecified atom stereocenters. The normalized spacial score (nSPS) is 15.2. The molecule has 3 fully saturated rings. The maximum Gasteiger partial charge on any atom is 0.188 e. The maximum atomic E-state index is 12.5. The summed E-state index contributed by atoms with van der Waals surface area (Å²) in [7, 11) is 0. The van der Waals surface area contributed by atoms with Crippen molar-refractivity contribution in [3.63, 3.8) is 0 Å². The quantitative estimate of drug-likeness (QED) is 0.0899. The number of carbonyl (C=O) groups excluding carboxylic acids is 3. The van der Waals surface area contributed by atoms with E-state index in [0.29, 0.717) is 23.5 Å². The van der Waals surface area contributed by atoms with Gasteiger partial charge >= 0.3 is 0 Å². The van der Waals surface area contributed by atoms with Gasteiger partial charge in [-0.2, -0.15) is 0 Å². The van der Waals surface area contributed by atoms with Gasteiger partial charge in [0.25, 0.3) is 0 Å². The highest BCUT2D eigenvalue weighted by molar-refractivity contribution is 7.09. The summed E-state index contributed by atoms with van der Waals surface area (Å²) in [6, 6.07) is 20.5. The number of nitrogens with zero attached hydrogens (tertiary/aromatic N) is 6. The van der Waals surface area contributed by atoms with Crippen LogP contribution in [0.1, 0.15) is 180 Å². The number of Topliss-reactive ketones (excluding diaryl/α,β-unsaturated/α-hetero) is 3. The predicted molar refractivity (Wildman–Crippen MR) is 280 cm³/mol. The van der Waals surface area contributed by atoms with Crippen molar-refractivity contribution < 1.29 is 28.6 Å². The van der Waals surface area contributed by atoms with Crippen molar-refractivity contribution in [3.05, 3.63) is 146 Å². The molecular weight excluding hydrogens is 909 g/mol. The lowest BCUT2D eigenvalue weighted by atomic mass is 9.98. The van der Waals surface area contributed by atoms with Crippen molar-refractivity contribution in [3.8, 4) is 17.2 Å². The molecule has 6 aromatic heterocycles. The Bertz CT molecular complexity index is 2640. The van der Waals surface area contributed by atoms with Crippen molar-refractivity contribution in [2.75, 3.05) is 0 Å². The molecule has 0 amide bonds. The van der Waals surface area contributed by atoms with Crippen LogP contribution in [0.3, 0.4) is 0 Å². The second-order valence-electron chi connectivity index (χ2n) is 19.0. The molecule has 9 rings (SSSR count). The average molecular weight is 981 g/mol. The van der Waals surface area contributed by atoms with Gasteiger partial charge in [0.1, 0.15) is 39.3 Å². The first-order valence-corrected chi connectivity index (χ1v) is 26.1. The summed E-state index contributed by atoms with van der Waals surface area (Å²) in [6.45, 7) is 9.61. The fourth-order valence-electron chi connectivity index (χ4n) is 9.00. The van der Waals surface area contributed by atoms with E-state index in [1.54, 1.807) is 30.6 Å². The number of thiazole rings is 1. The number of ether oxygens (including phenoxy) is 3. The molecule has 0 saturated heterocycles. The Balaban J connectivity index is 0.000000173. The minimum atomic E-state index is -0.0269. The molecule has 3 aliphatic rings. The fourth-order valence-corrected chi connectivity index (χ4v) is 9.77. The average Bonchev–Trinajstić information content (AvgIpc) is 3.77. The van der Waals surface area contributed by atoms with E-state index >= 15 is 0 Å². The van der Waals surface area contributed by atoms with Gasteiger partial charge in [0, 0.05) is 88.3 Å². The van der Waals surface area contributed by atoms with Crippen LogP contribution in [-0.2, 0) is 19.3 Å². The predicted octanol–water partition coefficient (Wildman–Crippen LogP) is 13.1. The van der Waals surface area contributed by atoms with Crippen LogP contribution in [0.5, 0.6) is 17.2 Å². The Labute approximate surface area is 424 Å². The molecule has 3 aliphatic carbocycles. The Morgan fingerprint density at radius 2 is 0.915 bits per heavy atom. The SMILES string of the molecule is C.Cc1cc(OC2CCCCC2)cc(C(=O)Cc2ccccn2)n1.Cc1cc(OC2CCCCC2)cc(C(=O)Cc2nc(C)cs2)n1.Cc1ccc(CC(=O)c2cc(OC3CCCCC3)cc(C)n2)nc1. The molecule has 376 valence electrons. The van der Waals surface area contributed by atoms with E-state index in [1.165, 1.54) is 69.1 Å². The molecule has 0 atom stereocenters. The Hall–Kier alpha value is -6.21. The largest absolute Gasteiger partial charge is 0.490 e. The minimum Gasteiger partial charge on any atom is -0.490 e. The van der Waals surface area contributed by atoms with Gasteiger partial charge in [-0.1, -0.05) is 38.8 Å². The number of pyridine rings is 5. The molecule has 12 nitrogen and oxygen atoms in total. The van der Waals surface area contributed by atoms with E-state index in [-0.39, 0.29) is 55.9 Å². The summed E-state index contributed by atoms with van der Waals surface area (Å²) in [5.41, 5.74) is 7.40. The summed E-state index contributed by atoms with van der Waals surface area (Å²) < 4.78 is 18.2. The molecule has 71 heavy (non-hydrogen) atoms. The molecule has 13 heteroatoms. The molecule has 6 aromatic rings. The van der Waals surface area contributed by atoms with E-state index in [0.717, 1.165) is 101 Å². The molecule has 0 aliphatic heterocycles. The van der Waals surface area contributed by atoms with Gasteiger partial charge in [-0.15, -0.1) is 11.3 Å². The summed E-state index contributed by atoms with van der Waals surface area (Å²) in [5, 5.41) is 2.80. The van der Waals surface area contributed by atoms with Gasteiger partial charge in [-0.25, -0.2) is 19.9 Å². The number of aromatic nitrogens is 6. The van der Waals surface area contributed by atoms with Crippen LogP contribution < -0.4 is 14.2 Å². The van der Waals surface area contributed by atoms with Crippen molar-refractivity contribution in [2.45, 2.75) is 176 Å². The summed E-state index contributed by atoms with van der Waals surface area (Å²) in [6.07, 6.45) is 22.9. The van der Waals surface area contributed by atoms with Gasteiger partial charge in [0.2, 0.25) is 0 Å². The number of rotatable bonds is 15. The number of carbonyl (C=O) groups is 3. The standard InChI is InChI=1S/C20H24N2O2.C19H22N2O2.C18H22N2O2S.CH4/c1-14-8-9-16(21-13-14)11-20(23)19-12-18(10-15(2)22-19)24-17-6-4-3-5-7-17;1-14-11-17(23-16-8-3-2-4-9-16)13-18(21-14)19(22)12-15-7-5-6-10-20-15;1-12-8-15(22-14-6-4-3-5-7-14)9-16(19-12)17(21)10-18-20-13(2)11-23-18;/h8-10,12-13,17H,3-7,11H2,1-2H3;5-7,10-11,13,16H,2-4,8-9,12H2,1H3;8-9,11,14H,3-7,10H2,1-2H3;1H4. The molecule has 0 aromatic carbocycles. The number of aryl methyl sites for hydroxylation is 5. The van der Waals surface area contributed by atoms with Crippen molar-refractivity contribution in [1.82, 2.24) is 29.9 Å². The molecule has 0 spiro atoms. The van der Waals surface area contributed by atoms with E-state index in [4.69, 9.17) is 14.2 Å². The molecule has 3 saturated carbocycles. The number of ketones is 3. The monoisotopic (exact) mass is 981 g/mol. The van der Waals surface area contributed by atoms with Crippen LogP contribution in [0, 0.1) is 34.6 Å². The van der Waals surface area contributed by atoms with E-state index in [9.17, 15) is 14.4 Å². The second-order valence-corrected chi connectivity index (χ2v) is 19.9. The van der Waals surface area contributed by atoms with Gasteiger partial charge in [-0.3, -0.25) is 24.4 Å². The third kappa shape index (κ3) is 17.9. The summed E-state index contributed by atoms with van der Waals surface area (Å²) in [4.78, 5) is 63.4. The molecule has 0 radical (unpaired) electrons. The van der Waals surface area contributed by atoms with E-state index in [2.05, 4.69) is 29.9 Å². The number of hydrogen-bond donors (Lipinski definition) is 0. The lowest BCUT2D eigenvalue weighted by Crippen LogP contribution is -2.20. The lowest BCUT2D eigenvalue weighted by Gasteiger charge is -2.23. The van der Waals surface area contributed by atoms with Crippen molar-refractivity contribution in [1.29, 1.82) is 0 Å². The highest BCUT2D eigenvalue weighted by Gasteiger charge is 2.21. The first-order chi connectivity index (χ1) is 33.9. The number of hydrogen-bond acceptors (Lipinski definition) is 13. The third-order valence-corrected chi connectivity index (χ3v) is 13.5. The minimum absolute atomic E-state index is 0. The second kappa shape index (κ2) is 27.4. The molecule has 6 heterocycles. The first-order valence-electron chi connectivity index (χ1n) is 25.2. The van der Waals surface area contributed by atoms with Crippen molar-refractivity contribution >= 4 is 28.7 Å². The van der Waals surface area contributed by atoms with Crippen LogP contribution in [0.2, 0.25) is 0 Å².